The highest BCUT2D eigenvalue weighted by atomic mass is 32.2. The van der Waals surface area contributed by atoms with E-state index in [-0.39, 0.29) is 24.3 Å². The van der Waals surface area contributed by atoms with Crippen LogP contribution in [0.25, 0.3) is 0 Å². The SMILES string of the molecule is O=C(N[C@H]1CC(S(=O)(=O)c2ccccc2)[C@H](C(=O)O)C1)OCc1ccccc1. The summed E-state index contributed by atoms with van der Waals surface area (Å²) in [7, 11) is -3.83. The lowest BCUT2D eigenvalue weighted by atomic mass is 10.1. The van der Waals surface area contributed by atoms with Gasteiger partial charge in [0.25, 0.3) is 0 Å². The molecule has 148 valence electrons. The number of carbonyl (C=O) groups excluding carboxylic acids is 1. The van der Waals surface area contributed by atoms with Gasteiger partial charge in [0, 0.05) is 6.04 Å². The Morgan fingerprint density at radius 3 is 2.21 bits per heavy atom. The summed E-state index contributed by atoms with van der Waals surface area (Å²) >= 11 is 0. The normalized spacial score (nSPS) is 21.8. The Bertz CT molecular complexity index is 930. The molecule has 1 unspecified atom stereocenters. The quantitative estimate of drug-likeness (QED) is 0.767. The van der Waals surface area contributed by atoms with Crippen molar-refractivity contribution < 1.29 is 27.9 Å². The van der Waals surface area contributed by atoms with Crippen LogP contribution in [0.4, 0.5) is 4.79 Å². The smallest absolute Gasteiger partial charge is 0.407 e. The maximum atomic E-state index is 12.9. The minimum Gasteiger partial charge on any atom is -0.481 e. The Hall–Kier alpha value is -2.87. The third-order valence-corrected chi connectivity index (χ3v) is 7.07. The van der Waals surface area contributed by atoms with Gasteiger partial charge in [-0.2, -0.15) is 0 Å². The van der Waals surface area contributed by atoms with E-state index in [1.54, 1.807) is 18.2 Å². The predicted octanol–water partition coefficient (Wildman–Crippen LogP) is 2.62. The van der Waals surface area contributed by atoms with Gasteiger partial charge in [0.15, 0.2) is 9.84 Å². The maximum absolute atomic E-state index is 12.9. The lowest BCUT2D eigenvalue weighted by Gasteiger charge is -2.16. The average Bonchev–Trinajstić information content (AvgIpc) is 3.13. The standard InChI is InChI=1S/C20H21NO6S/c22-19(23)17-11-15(21-20(24)27-13-14-7-3-1-4-8-14)12-18(17)28(25,26)16-9-5-2-6-10-16/h1-10,15,17-18H,11-13H2,(H,21,24)(H,22,23)/t15-,17-,18?/m1/s1. The number of sulfone groups is 1. The number of hydrogen-bond acceptors (Lipinski definition) is 5. The number of alkyl carbamates (subject to hydrolysis) is 1. The molecule has 0 heterocycles. The first-order valence-corrected chi connectivity index (χ1v) is 10.4. The third-order valence-electron chi connectivity index (χ3n) is 4.83. The minimum atomic E-state index is -3.83. The van der Waals surface area contributed by atoms with Crippen LogP contribution in [-0.2, 0) is 26.0 Å². The van der Waals surface area contributed by atoms with Crippen LogP contribution in [0.2, 0.25) is 0 Å². The molecule has 3 atom stereocenters. The molecule has 1 fully saturated rings. The van der Waals surface area contributed by atoms with E-state index < -0.39 is 39.1 Å². The number of carboxylic acid groups (broad SMARTS) is 1. The number of aliphatic carboxylic acids is 1. The number of ether oxygens (including phenoxy) is 1. The largest absolute Gasteiger partial charge is 0.481 e. The van der Waals surface area contributed by atoms with Gasteiger partial charge in [0.2, 0.25) is 0 Å². The zero-order chi connectivity index (χ0) is 20.1. The summed E-state index contributed by atoms with van der Waals surface area (Å²) in [5, 5.41) is 11.0. The van der Waals surface area contributed by atoms with Crippen molar-refractivity contribution in [3.8, 4) is 0 Å². The first kappa shape index (κ1) is 19.9. The topological polar surface area (TPSA) is 110 Å². The first-order chi connectivity index (χ1) is 13.4. The third kappa shape index (κ3) is 4.51. The molecule has 8 heteroatoms. The van der Waals surface area contributed by atoms with Gasteiger partial charge >= 0.3 is 12.1 Å². The van der Waals surface area contributed by atoms with E-state index >= 15 is 0 Å². The van der Waals surface area contributed by atoms with Crippen LogP contribution in [0.15, 0.2) is 65.6 Å². The Balaban J connectivity index is 1.66. The van der Waals surface area contributed by atoms with Crippen molar-refractivity contribution in [3.05, 3.63) is 66.2 Å². The second kappa shape index (κ2) is 8.43. The number of carbonyl (C=O) groups is 2. The molecule has 3 rings (SSSR count). The molecule has 0 aromatic heterocycles. The molecule has 0 spiro atoms. The molecule has 1 amide bonds. The van der Waals surface area contributed by atoms with Crippen molar-refractivity contribution in [2.24, 2.45) is 5.92 Å². The summed E-state index contributed by atoms with van der Waals surface area (Å²) in [5.41, 5.74) is 0.817. The fourth-order valence-corrected chi connectivity index (χ4v) is 5.47. The van der Waals surface area contributed by atoms with Crippen molar-refractivity contribution in [1.82, 2.24) is 5.32 Å². The van der Waals surface area contributed by atoms with Gasteiger partial charge in [-0.3, -0.25) is 4.79 Å². The summed E-state index contributed by atoms with van der Waals surface area (Å²) in [6, 6.07) is 16.3. The highest BCUT2D eigenvalue weighted by Gasteiger charge is 2.47. The molecule has 2 aromatic carbocycles. The number of nitrogens with one attached hydrogen (secondary N) is 1. The Morgan fingerprint density at radius 1 is 1.00 bits per heavy atom. The molecule has 1 aliphatic rings. The number of carboxylic acids is 1. The van der Waals surface area contributed by atoms with Crippen molar-refractivity contribution in [2.75, 3.05) is 0 Å². The maximum Gasteiger partial charge on any atom is 0.407 e. The van der Waals surface area contributed by atoms with Gasteiger partial charge in [-0.1, -0.05) is 48.5 Å². The van der Waals surface area contributed by atoms with Crippen LogP contribution in [0, 0.1) is 5.92 Å². The van der Waals surface area contributed by atoms with Crippen molar-refractivity contribution in [3.63, 3.8) is 0 Å². The minimum absolute atomic E-state index is 0.0225. The van der Waals surface area contributed by atoms with E-state index in [2.05, 4.69) is 5.32 Å². The van der Waals surface area contributed by atoms with E-state index in [1.807, 2.05) is 30.3 Å². The molecule has 2 aromatic rings. The first-order valence-electron chi connectivity index (χ1n) is 8.87. The Morgan fingerprint density at radius 2 is 1.61 bits per heavy atom. The highest BCUT2D eigenvalue weighted by Crippen LogP contribution is 2.35. The van der Waals surface area contributed by atoms with Gasteiger partial charge in [0.05, 0.1) is 16.1 Å². The van der Waals surface area contributed by atoms with Gasteiger partial charge in [0.1, 0.15) is 6.61 Å². The molecular formula is C20H21NO6S. The molecule has 7 nitrogen and oxygen atoms in total. The van der Waals surface area contributed by atoms with Gasteiger partial charge in [-0.25, -0.2) is 13.2 Å². The fraction of sp³-hybridized carbons (Fsp3) is 0.300. The van der Waals surface area contributed by atoms with Crippen LogP contribution in [0.5, 0.6) is 0 Å². The van der Waals surface area contributed by atoms with E-state index in [0.29, 0.717) is 0 Å². The number of amides is 1. The van der Waals surface area contributed by atoms with Crippen molar-refractivity contribution in [1.29, 1.82) is 0 Å². The molecule has 0 bridgehead atoms. The highest BCUT2D eigenvalue weighted by molar-refractivity contribution is 7.92. The lowest BCUT2D eigenvalue weighted by molar-refractivity contribution is -0.141. The summed E-state index contributed by atoms with van der Waals surface area (Å²) in [6.07, 6.45) is -0.642. The molecule has 28 heavy (non-hydrogen) atoms. The number of rotatable bonds is 6. The average molecular weight is 403 g/mol. The molecule has 0 saturated heterocycles. The summed E-state index contributed by atoms with van der Waals surface area (Å²) in [5.74, 6) is -2.28. The molecule has 1 saturated carbocycles. The summed E-state index contributed by atoms with van der Waals surface area (Å²) in [6.45, 7) is 0.0769. The summed E-state index contributed by atoms with van der Waals surface area (Å²) < 4.78 is 30.9. The van der Waals surface area contributed by atoms with Gasteiger partial charge in [-0.05, 0) is 30.5 Å². The number of hydrogen-bond donors (Lipinski definition) is 2. The Labute approximate surface area is 163 Å². The van der Waals surface area contributed by atoms with Gasteiger partial charge < -0.3 is 15.2 Å². The lowest BCUT2D eigenvalue weighted by Crippen LogP contribution is -2.34. The zero-order valence-electron chi connectivity index (χ0n) is 15.0. The van der Waals surface area contributed by atoms with Crippen LogP contribution in [0.3, 0.4) is 0 Å². The molecular weight excluding hydrogens is 382 g/mol. The molecule has 1 aliphatic carbocycles. The monoisotopic (exact) mass is 403 g/mol. The second-order valence-electron chi connectivity index (χ2n) is 6.72. The zero-order valence-corrected chi connectivity index (χ0v) is 15.8. The van der Waals surface area contributed by atoms with Crippen LogP contribution in [-0.4, -0.2) is 36.9 Å². The molecule has 2 N–H and O–H groups in total. The number of benzene rings is 2. The summed E-state index contributed by atoms with van der Waals surface area (Å²) in [4.78, 5) is 23.8. The second-order valence-corrected chi connectivity index (χ2v) is 8.88. The molecule has 0 radical (unpaired) electrons. The van der Waals surface area contributed by atoms with E-state index in [9.17, 15) is 23.1 Å². The fourth-order valence-electron chi connectivity index (χ4n) is 3.44. The predicted molar refractivity (Wildman–Crippen MR) is 101 cm³/mol. The van der Waals surface area contributed by atoms with Crippen molar-refractivity contribution >= 4 is 21.9 Å². The van der Waals surface area contributed by atoms with E-state index in [4.69, 9.17) is 4.74 Å². The van der Waals surface area contributed by atoms with Crippen LogP contribution in [0.1, 0.15) is 18.4 Å². The van der Waals surface area contributed by atoms with Crippen LogP contribution >= 0.6 is 0 Å². The Kier molecular flexibility index (Phi) is 5.99. The van der Waals surface area contributed by atoms with Crippen LogP contribution < -0.4 is 5.32 Å². The molecule has 0 aliphatic heterocycles. The van der Waals surface area contributed by atoms with E-state index in [0.717, 1.165) is 5.56 Å². The van der Waals surface area contributed by atoms with E-state index in [1.165, 1.54) is 12.1 Å². The van der Waals surface area contributed by atoms with Gasteiger partial charge in [-0.15, -0.1) is 0 Å². The van der Waals surface area contributed by atoms with Crippen molar-refractivity contribution in [2.45, 2.75) is 35.6 Å².